The maximum Gasteiger partial charge on any atom is 0.303 e. The van der Waals surface area contributed by atoms with Gasteiger partial charge in [0.2, 0.25) is 5.91 Å². The summed E-state index contributed by atoms with van der Waals surface area (Å²) < 4.78 is 0. The van der Waals surface area contributed by atoms with Crippen molar-refractivity contribution >= 4 is 46.9 Å². The Morgan fingerprint density at radius 3 is 2.32 bits per heavy atom. The lowest BCUT2D eigenvalue weighted by Gasteiger charge is -2.29. The van der Waals surface area contributed by atoms with Gasteiger partial charge in [-0.3, -0.25) is 9.59 Å². The first-order valence-electron chi connectivity index (χ1n) is 10.3. The highest BCUT2D eigenvalue weighted by Gasteiger charge is 2.43. The number of amides is 1. The van der Waals surface area contributed by atoms with Crippen molar-refractivity contribution in [1.29, 1.82) is 0 Å². The van der Waals surface area contributed by atoms with Crippen molar-refractivity contribution in [2.24, 2.45) is 11.0 Å². The molecular formula is C24H22Cl2N2O3. The van der Waals surface area contributed by atoms with Gasteiger partial charge in [-0.1, -0.05) is 47.5 Å². The molecule has 5 nitrogen and oxygen atoms in total. The largest absolute Gasteiger partial charge is 0.481 e. The van der Waals surface area contributed by atoms with E-state index in [1.165, 1.54) is 5.01 Å². The molecule has 1 fully saturated rings. The van der Waals surface area contributed by atoms with E-state index in [1.807, 2.05) is 48.5 Å². The van der Waals surface area contributed by atoms with E-state index in [2.05, 4.69) is 6.08 Å². The number of halogens is 2. The molecule has 1 amide bonds. The van der Waals surface area contributed by atoms with Crippen LogP contribution >= 0.6 is 23.2 Å². The molecule has 7 heteroatoms. The predicted octanol–water partition coefficient (Wildman–Crippen LogP) is 5.98. The van der Waals surface area contributed by atoms with Gasteiger partial charge < -0.3 is 5.11 Å². The third-order valence-corrected chi connectivity index (χ3v) is 6.24. The number of hydrazone groups is 1. The molecule has 0 spiro atoms. The van der Waals surface area contributed by atoms with Crippen LogP contribution in [0.25, 0.3) is 6.08 Å². The van der Waals surface area contributed by atoms with Gasteiger partial charge in [-0.15, -0.1) is 0 Å². The predicted molar refractivity (Wildman–Crippen MR) is 122 cm³/mol. The molecule has 31 heavy (non-hydrogen) atoms. The van der Waals surface area contributed by atoms with Crippen molar-refractivity contribution in [3.8, 4) is 0 Å². The van der Waals surface area contributed by atoms with Crippen LogP contribution in [0.3, 0.4) is 0 Å². The molecule has 1 N–H and O–H groups in total. The third kappa shape index (κ3) is 4.83. The maximum absolute atomic E-state index is 12.9. The van der Waals surface area contributed by atoms with Crippen LogP contribution in [0.15, 0.2) is 59.2 Å². The topological polar surface area (TPSA) is 70.0 Å². The van der Waals surface area contributed by atoms with Gasteiger partial charge in [0.1, 0.15) is 0 Å². The van der Waals surface area contributed by atoms with Gasteiger partial charge in [0, 0.05) is 22.4 Å². The summed E-state index contributed by atoms with van der Waals surface area (Å²) in [7, 11) is 0. The quantitative estimate of drug-likeness (QED) is 0.601. The van der Waals surface area contributed by atoms with E-state index in [-0.39, 0.29) is 30.7 Å². The Bertz CT molecular complexity index is 1050. The summed E-state index contributed by atoms with van der Waals surface area (Å²) in [5.41, 5.74) is 3.99. The van der Waals surface area contributed by atoms with E-state index in [9.17, 15) is 9.59 Å². The molecule has 2 aromatic rings. The number of hydrogen-bond acceptors (Lipinski definition) is 3. The minimum absolute atomic E-state index is 0.0576. The normalized spacial score (nSPS) is 21.7. The molecule has 1 aliphatic carbocycles. The number of carboxylic acid groups (broad SMARTS) is 1. The van der Waals surface area contributed by atoms with Gasteiger partial charge in [0.15, 0.2) is 0 Å². The number of aliphatic carboxylic acids is 1. The molecule has 4 rings (SSSR count). The summed E-state index contributed by atoms with van der Waals surface area (Å²) in [6, 6.07) is 14.8. The molecule has 2 aromatic carbocycles. The van der Waals surface area contributed by atoms with Gasteiger partial charge in [-0.2, -0.15) is 5.10 Å². The molecule has 0 unspecified atom stereocenters. The number of carbonyl (C=O) groups excluding carboxylic acids is 1. The number of rotatable bonds is 5. The van der Waals surface area contributed by atoms with E-state index >= 15 is 0 Å². The van der Waals surface area contributed by atoms with Crippen LogP contribution < -0.4 is 0 Å². The maximum atomic E-state index is 12.9. The van der Waals surface area contributed by atoms with E-state index in [0.29, 0.717) is 10.0 Å². The monoisotopic (exact) mass is 456 g/mol. The molecule has 0 radical (unpaired) electrons. The molecular weight excluding hydrogens is 435 g/mol. The SMILES string of the molecule is O=C(O)CCC(=O)N1N=C2/C(=C\c3ccc(Cl)cc3)CCC[C@H]2[C@H]1c1ccc(Cl)cc1. The molecule has 2 aliphatic rings. The zero-order valence-electron chi connectivity index (χ0n) is 16.8. The van der Waals surface area contributed by atoms with Crippen LogP contribution in [0.2, 0.25) is 10.0 Å². The third-order valence-electron chi connectivity index (χ3n) is 5.73. The first kappa shape index (κ1) is 21.6. The molecule has 2 atom stereocenters. The summed E-state index contributed by atoms with van der Waals surface area (Å²) in [6.45, 7) is 0. The molecule has 160 valence electrons. The van der Waals surface area contributed by atoms with Gasteiger partial charge >= 0.3 is 5.97 Å². The number of allylic oxidation sites excluding steroid dienone is 1. The van der Waals surface area contributed by atoms with Crippen molar-refractivity contribution in [1.82, 2.24) is 5.01 Å². The fourth-order valence-electron chi connectivity index (χ4n) is 4.29. The van der Waals surface area contributed by atoms with Gasteiger partial charge in [0.05, 0.1) is 18.2 Å². The second-order valence-electron chi connectivity index (χ2n) is 7.83. The van der Waals surface area contributed by atoms with Crippen molar-refractivity contribution in [3.63, 3.8) is 0 Å². The highest BCUT2D eigenvalue weighted by Crippen LogP contribution is 2.44. The standard InChI is InChI=1S/C24H22Cl2N2O3/c25-18-8-4-15(5-9-18)14-17-2-1-3-20-23(17)27-28(21(29)12-13-22(30)31)24(20)16-6-10-19(26)11-7-16/h4-11,14,20,24H,1-3,12-13H2,(H,30,31)/b17-14-/t20-,24-/m1/s1. The molecule has 0 saturated heterocycles. The van der Waals surface area contributed by atoms with Crippen LogP contribution in [-0.2, 0) is 9.59 Å². The van der Waals surface area contributed by atoms with E-state index in [4.69, 9.17) is 33.4 Å². The van der Waals surface area contributed by atoms with Crippen LogP contribution in [0, 0.1) is 5.92 Å². The van der Waals surface area contributed by atoms with Crippen LogP contribution in [0.1, 0.15) is 49.3 Å². The van der Waals surface area contributed by atoms with Crippen LogP contribution in [-0.4, -0.2) is 27.7 Å². The lowest BCUT2D eigenvalue weighted by atomic mass is 9.77. The Labute approximate surface area is 191 Å². The molecule has 1 saturated carbocycles. The zero-order valence-corrected chi connectivity index (χ0v) is 18.3. The number of nitrogens with zero attached hydrogens (tertiary/aromatic N) is 2. The summed E-state index contributed by atoms with van der Waals surface area (Å²) in [5.74, 6) is -1.22. The average Bonchev–Trinajstić information content (AvgIpc) is 3.15. The fourth-order valence-corrected chi connectivity index (χ4v) is 4.54. The van der Waals surface area contributed by atoms with Gasteiger partial charge in [-0.25, -0.2) is 5.01 Å². The summed E-state index contributed by atoms with van der Waals surface area (Å²) in [5, 5.41) is 16.6. The fraction of sp³-hybridized carbons (Fsp3) is 0.292. The number of fused-ring (bicyclic) bond motifs is 1. The number of carboxylic acids is 1. The Morgan fingerprint density at radius 1 is 1.03 bits per heavy atom. The minimum atomic E-state index is -0.996. The summed E-state index contributed by atoms with van der Waals surface area (Å²) in [6.07, 6.45) is 4.58. The van der Waals surface area contributed by atoms with Crippen molar-refractivity contribution < 1.29 is 14.7 Å². The number of benzene rings is 2. The summed E-state index contributed by atoms with van der Waals surface area (Å²) >= 11 is 12.1. The Balaban J connectivity index is 1.70. The molecule has 0 bridgehead atoms. The van der Waals surface area contributed by atoms with Gasteiger partial charge in [0.25, 0.3) is 0 Å². The van der Waals surface area contributed by atoms with E-state index < -0.39 is 5.97 Å². The van der Waals surface area contributed by atoms with E-state index in [1.54, 1.807) is 0 Å². The van der Waals surface area contributed by atoms with Crippen molar-refractivity contribution in [2.45, 2.75) is 38.1 Å². The Hall–Kier alpha value is -2.63. The average molecular weight is 457 g/mol. The van der Waals surface area contributed by atoms with Crippen LogP contribution in [0.5, 0.6) is 0 Å². The minimum Gasteiger partial charge on any atom is -0.481 e. The van der Waals surface area contributed by atoms with Gasteiger partial charge in [-0.05, 0) is 66.3 Å². The highest BCUT2D eigenvalue weighted by molar-refractivity contribution is 6.30. The first-order chi connectivity index (χ1) is 14.9. The molecule has 1 heterocycles. The smallest absolute Gasteiger partial charge is 0.303 e. The number of carbonyl (C=O) groups is 2. The summed E-state index contributed by atoms with van der Waals surface area (Å²) in [4.78, 5) is 23.9. The van der Waals surface area contributed by atoms with Crippen LogP contribution in [0.4, 0.5) is 0 Å². The second kappa shape index (κ2) is 9.25. The zero-order chi connectivity index (χ0) is 22.0. The highest BCUT2D eigenvalue weighted by atomic mass is 35.5. The Kier molecular flexibility index (Phi) is 6.44. The van der Waals surface area contributed by atoms with Crippen molar-refractivity contribution in [2.75, 3.05) is 0 Å². The number of hydrogen-bond donors (Lipinski definition) is 1. The molecule has 1 aliphatic heterocycles. The van der Waals surface area contributed by atoms with E-state index in [0.717, 1.165) is 41.7 Å². The lowest BCUT2D eigenvalue weighted by Crippen LogP contribution is -2.32. The van der Waals surface area contributed by atoms with Crippen molar-refractivity contribution in [3.05, 3.63) is 75.3 Å². The lowest BCUT2D eigenvalue weighted by molar-refractivity contribution is -0.141. The Morgan fingerprint density at radius 2 is 1.68 bits per heavy atom. The second-order valence-corrected chi connectivity index (χ2v) is 8.71. The molecule has 0 aromatic heterocycles. The first-order valence-corrected chi connectivity index (χ1v) is 11.0.